The van der Waals surface area contributed by atoms with Crippen LogP contribution < -0.4 is 5.43 Å². The van der Waals surface area contributed by atoms with Crippen LogP contribution >= 0.6 is 11.3 Å². The smallest absolute Gasteiger partial charge is 0.158 e. The third kappa shape index (κ3) is 4.25. The van der Waals surface area contributed by atoms with Gasteiger partial charge in [-0.25, -0.2) is 9.97 Å². The fourth-order valence-electron chi connectivity index (χ4n) is 4.01. The van der Waals surface area contributed by atoms with Gasteiger partial charge in [-0.2, -0.15) is 5.10 Å². The summed E-state index contributed by atoms with van der Waals surface area (Å²) in [5.41, 5.74) is 6.09. The van der Waals surface area contributed by atoms with Crippen LogP contribution in [0.1, 0.15) is 49.6 Å². The average Bonchev–Trinajstić information content (AvgIpc) is 3.13. The van der Waals surface area contributed by atoms with Crippen LogP contribution in [0.5, 0.6) is 0 Å². The highest BCUT2D eigenvalue weighted by molar-refractivity contribution is 7.19. The highest BCUT2D eigenvalue weighted by Crippen LogP contribution is 2.45. The molecule has 5 heteroatoms. The number of anilines is 1. The number of allylic oxidation sites excluding steroid dienone is 1. The Hall–Kier alpha value is -2.53. The summed E-state index contributed by atoms with van der Waals surface area (Å²) in [6.07, 6.45) is 12.1. The summed E-state index contributed by atoms with van der Waals surface area (Å²) >= 11 is 1.82. The lowest BCUT2D eigenvalue weighted by Gasteiger charge is -2.36. The quantitative estimate of drug-likeness (QED) is 0.385. The number of nitrogens with one attached hydrogen (secondary N) is 1. The van der Waals surface area contributed by atoms with Crippen LogP contribution in [0.3, 0.4) is 0 Å². The second kappa shape index (κ2) is 8.46. The van der Waals surface area contributed by atoms with Gasteiger partial charge in [0.05, 0.1) is 5.39 Å². The molecule has 2 aromatic heterocycles. The molecule has 4 nitrogen and oxygen atoms in total. The highest BCUT2D eigenvalue weighted by Gasteiger charge is 2.33. The largest absolute Gasteiger partial charge is 0.261 e. The zero-order chi connectivity index (χ0) is 20.3. The minimum absolute atomic E-state index is 0.357. The normalized spacial score (nSPS) is 17.3. The van der Waals surface area contributed by atoms with Gasteiger partial charge in [-0.1, -0.05) is 63.6 Å². The van der Waals surface area contributed by atoms with E-state index in [0.29, 0.717) is 11.3 Å². The summed E-state index contributed by atoms with van der Waals surface area (Å²) in [5.74, 6) is 1.51. The fraction of sp³-hybridized carbons (Fsp3) is 0.375. The molecule has 3 aromatic rings. The highest BCUT2D eigenvalue weighted by atomic mass is 32.1. The Morgan fingerprint density at radius 1 is 1.24 bits per heavy atom. The second-order valence-electron chi connectivity index (χ2n) is 8.35. The molecule has 0 spiro atoms. The number of rotatable bonds is 6. The molecule has 150 valence electrons. The maximum Gasteiger partial charge on any atom is 0.158 e. The standard InChI is InChI=1S/C24H28N4S/c1-4-24(2,3)18-12-13-20-19(15-18)21-22(25-16-26-23(21)29-20)28-27-14-8-11-17-9-6-5-7-10-17/h5-11,14,16,18H,4,12-13,15H2,1-3H3,(H,25,26,28). The SMILES string of the molecule is CCC(C)(C)C1CCc2sc3ncnc(NN=CC=Cc4ccccc4)c3c2C1. The van der Waals surface area contributed by atoms with Crippen molar-refractivity contribution in [2.45, 2.75) is 46.5 Å². The third-order valence-corrected chi connectivity index (χ3v) is 7.48. The summed E-state index contributed by atoms with van der Waals surface area (Å²) in [5, 5.41) is 5.53. The lowest BCUT2D eigenvalue weighted by atomic mass is 9.69. The predicted molar refractivity (Wildman–Crippen MR) is 125 cm³/mol. The lowest BCUT2D eigenvalue weighted by molar-refractivity contribution is 0.184. The summed E-state index contributed by atoms with van der Waals surface area (Å²) in [4.78, 5) is 11.6. The number of hydrogen-bond acceptors (Lipinski definition) is 5. The van der Waals surface area contributed by atoms with Crippen molar-refractivity contribution in [3.63, 3.8) is 0 Å². The van der Waals surface area contributed by atoms with Gasteiger partial charge < -0.3 is 0 Å². The van der Waals surface area contributed by atoms with Gasteiger partial charge in [0.25, 0.3) is 0 Å². The van der Waals surface area contributed by atoms with E-state index in [0.717, 1.165) is 34.4 Å². The molecule has 1 aliphatic rings. The Morgan fingerprint density at radius 3 is 2.86 bits per heavy atom. The molecule has 1 aliphatic carbocycles. The van der Waals surface area contributed by atoms with E-state index in [9.17, 15) is 0 Å². The van der Waals surface area contributed by atoms with Crippen molar-refractivity contribution in [3.05, 3.63) is 58.7 Å². The van der Waals surface area contributed by atoms with Crippen LogP contribution in [0.25, 0.3) is 16.3 Å². The van der Waals surface area contributed by atoms with Gasteiger partial charge in [-0.3, -0.25) is 5.43 Å². The third-order valence-electron chi connectivity index (χ3n) is 6.28. The van der Waals surface area contributed by atoms with Crippen LogP contribution in [0, 0.1) is 11.3 Å². The van der Waals surface area contributed by atoms with Gasteiger partial charge in [-0.05, 0) is 47.8 Å². The Morgan fingerprint density at radius 2 is 2.07 bits per heavy atom. The van der Waals surface area contributed by atoms with Gasteiger partial charge in [0.1, 0.15) is 11.2 Å². The molecule has 0 bridgehead atoms. The molecule has 1 atom stereocenters. The first kappa shape index (κ1) is 19.8. The summed E-state index contributed by atoms with van der Waals surface area (Å²) < 4.78 is 0. The summed E-state index contributed by atoms with van der Waals surface area (Å²) in [6, 6.07) is 10.2. The van der Waals surface area contributed by atoms with Crippen LogP contribution in [0.4, 0.5) is 5.82 Å². The molecular weight excluding hydrogens is 376 g/mol. The Labute approximate surface area is 176 Å². The van der Waals surface area contributed by atoms with Crippen LogP contribution in [-0.2, 0) is 12.8 Å². The molecule has 1 unspecified atom stereocenters. The van der Waals surface area contributed by atoms with Crippen molar-refractivity contribution in [2.24, 2.45) is 16.4 Å². The first-order valence-corrected chi connectivity index (χ1v) is 11.2. The molecule has 2 heterocycles. The van der Waals surface area contributed by atoms with Gasteiger partial charge >= 0.3 is 0 Å². The fourth-order valence-corrected chi connectivity index (χ4v) is 5.19. The monoisotopic (exact) mass is 404 g/mol. The number of aryl methyl sites for hydroxylation is 1. The van der Waals surface area contributed by atoms with E-state index in [-0.39, 0.29) is 0 Å². The Bertz CT molecular complexity index is 1030. The molecule has 0 radical (unpaired) electrons. The Balaban J connectivity index is 1.56. The second-order valence-corrected chi connectivity index (χ2v) is 9.43. The number of aromatic nitrogens is 2. The molecule has 0 saturated carbocycles. The van der Waals surface area contributed by atoms with Gasteiger partial charge in [0.2, 0.25) is 0 Å². The van der Waals surface area contributed by atoms with E-state index in [4.69, 9.17) is 0 Å². The number of hydrazone groups is 1. The maximum absolute atomic E-state index is 4.54. The van der Waals surface area contributed by atoms with Crippen molar-refractivity contribution in [2.75, 3.05) is 5.43 Å². The van der Waals surface area contributed by atoms with E-state index in [1.807, 2.05) is 41.7 Å². The average molecular weight is 405 g/mol. The van der Waals surface area contributed by atoms with Gasteiger partial charge in [0, 0.05) is 11.1 Å². The van der Waals surface area contributed by atoms with Gasteiger partial charge in [0.15, 0.2) is 5.82 Å². The molecular formula is C24H28N4S. The number of fused-ring (bicyclic) bond motifs is 3. The summed E-state index contributed by atoms with van der Waals surface area (Å²) in [6.45, 7) is 7.10. The molecule has 0 amide bonds. The number of benzene rings is 1. The lowest BCUT2D eigenvalue weighted by Crippen LogP contribution is -2.28. The summed E-state index contributed by atoms with van der Waals surface area (Å²) in [7, 11) is 0. The topological polar surface area (TPSA) is 50.2 Å². The van der Waals surface area contributed by atoms with E-state index < -0.39 is 0 Å². The number of thiophene rings is 1. The van der Waals surface area contributed by atoms with E-state index >= 15 is 0 Å². The van der Waals surface area contributed by atoms with Crippen LogP contribution in [0.2, 0.25) is 0 Å². The molecule has 0 saturated heterocycles. The van der Waals surface area contributed by atoms with Crippen LogP contribution in [-0.4, -0.2) is 16.2 Å². The molecule has 4 rings (SSSR count). The van der Waals surface area contributed by atoms with Crippen molar-refractivity contribution in [3.8, 4) is 0 Å². The first-order valence-electron chi connectivity index (χ1n) is 10.3. The zero-order valence-corrected chi connectivity index (χ0v) is 18.2. The molecule has 0 fully saturated rings. The van der Waals surface area contributed by atoms with Crippen molar-refractivity contribution < 1.29 is 0 Å². The van der Waals surface area contributed by atoms with Crippen molar-refractivity contribution in [1.29, 1.82) is 0 Å². The molecule has 1 aromatic carbocycles. The van der Waals surface area contributed by atoms with Crippen LogP contribution in [0.15, 0.2) is 47.8 Å². The molecule has 1 N–H and O–H groups in total. The van der Waals surface area contributed by atoms with E-state index in [1.54, 1.807) is 12.5 Å². The van der Waals surface area contributed by atoms with E-state index in [2.05, 4.69) is 53.4 Å². The zero-order valence-electron chi connectivity index (χ0n) is 17.4. The van der Waals surface area contributed by atoms with Gasteiger partial charge in [-0.15, -0.1) is 11.3 Å². The minimum Gasteiger partial charge on any atom is -0.261 e. The van der Waals surface area contributed by atoms with Crippen molar-refractivity contribution in [1.82, 2.24) is 9.97 Å². The number of hydrogen-bond donors (Lipinski definition) is 1. The molecule has 0 aliphatic heterocycles. The molecule has 29 heavy (non-hydrogen) atoms. The minimum atomic E-state index is 0.357. The Kier molecular flexibility index (Phi) is 5.76. The predicted octanol–water partition coefficient (Wildman–Crippen LogP) is 6.34. The van der Waals surface area contributed by atoms with E-state index in [1.165, 1.54) is 23.3 Å². The first-order chi connectivity index (χ1) is 14.1. The van der Waals surface area contributed by atoms with Crippen molar-refractivity contribution >= 4 is 39.7 Å². The number of nitrogens with zero attached hydrogens (tertiary/aromatic N) is 3. The maximum atomic E-state index is 4.54.